The van der Waals surface area contributed by atoms with Gasteiger partial charge in [0.25, 0.3) is 0 Å². The maximum Gasteiger partial charge on any atom is 0.223 e. The van der Waals surface area contributed by atoms with Crippen LogP contribution in [0.1, 0.15) is 43.0 Å². The highest BCUT2D eigenvalue weighted by molar-refractivity contribution is 5.78. The van der Waals surface area contributed by atoms with Crippen LogP contribution in [-0.2, 0) is 16.0 Å². The van der Waals surface area contributed by atoms with Crippen LogP contribution in [0.3, 0.4) is 0 Å². The lowest BCUT2D eigenvalue weighted by Crippen LogP contribution is -2.46. The number of benzene rings is 2. The zero-order valence-corrected chi connectivity index (χ0v) is 18.9. The molecule has 1 saturated heterocycles. The van der Waals surface area contributed by atoms with Gasteiger partial charge in [-0.1, -0.05) is 19.1 Å². The first kappa shape index (κ1) is 21.5. The minimum Gasteiger partial charge on any atom is -0.493 e. The summed E-state index contributed by atoms with van der Waals surface area (Å²) in [7, 11) is 3.31. The summed E-state index contributed by atoms with van der Waals surface area (Å²) in [5.41, 5.74) is 4.61. The van der Waals surface area contributed by atoms with Gasteiger partial charge in [-0.25, -0.2) is 0 Å². The van der Waals surface area contributed by atoms with Gasteiger partial charge in [-0.3, -0.25) is 4.79 Å². The predicted octanol–water partition coefficient (Wildman–Crippen LogP) is 3.81. The van der Waals surface area contributed by atoms with Gasteiger partial charge in [0.2, 0.25) is 5.91 Å². The third kappa shape index (κ3) is 4.09. The van der Waals surface area contributed by atoms with E-state index in [4.69, 9.17) is 14.2 Å². The molecule has 6 nitrogen and oxygen atoms in total. The van der Waals surface area contributed by atoms with Gasteiger partial charge in [0.15, 0.2) is 11.5 Å². The quantitative estimate of drug-likeness (QED) is 0.731. The van der Waals surface area contributed by atoms with E-state index in [1.807, 2.05) is 17.9 Å². The second-order valence-corrected chi connectivity index (χ2v) is 8.21. The van der Waals surface area contributed by atoms with Crippen LogP contribution in [0.2, 0.25) is 0 Å². The summed E-state index contributed by atoms with van der Waals surface area (Å²) in [5.74, 6) is 1.58. The van der Waals surface area contributed by atoms with Crippen LogP contribution in [0.25, 0.3) is 0 Å². The van der Waals surface area contributed by atoms with Crippen LogP contribution in [0.4, 0.5) is 5.69 Å². The van der Waals surface area contributed by atoms with E-state index in [0.29, 0.717) is 12.2 Å². The minimum absolute atomic E-state index is 0.0990. The average Bonchev–Trinajstić information content (AvgIpc) is 2.82. The van der Waals surface area contributed by atoms with Gasteiger partial charge in [-0.2, -0.15) is 0 Å². The van der Waals surface area contributed by atoms with Crippen molar-refractivity contribution in [1.29, 1.82) is 0 Å². The molecule has 0 spiro atoms. The van der Waals surface area contributed by atoms with Crippen molar-refractivity contribution < 1.29 is 19.0 Å². The van der Waals surface area contributed by atoms with Gasteiger partial charge in [-0.05, 0) is 54.3 Å². The number of hydrogen-bond acceptors (Lipinski definition) is 5. The molecule has 2 aromatic rings. The SMILES string of the molecule is CCC(=O)N1[C@H](c2ccc(N3CCOCC3)cc2)c2cc(OC)c(OC)cc2C[C@@H]1C. The Morgan fingerprint density at radius 1 is 1.06 bits per heavy atom. The van der Waals surface area contributed by atoms with Crippen LogP contribution in [0.5, 0.6) is 11.5 Å². The van der Waals surface area contributed by atoms with Crippen molar-refractivity contribution >= 4 is 11.6 Å². The molecule has 1 fully saturated rings. The Kier molecular flexibility index (Phi) is 6.37. The number of amides is 1. The molecule has 166 valence electrons. The summed E-state index contributed by atoms with van der Waals surface area (Å²) in [6.07, 6.45) is 1.28. The Hall–Kier alpha value is -2.73. The number of rotatable bonds is 5. The summed E-state index contributed by atoms with van der Waals surface area (Å²) < 4.78 is 16.6. The molecule has 2 atom stereocenters. The standard InChI is InChI=1S/C25H32N2O4/c1-5-24(28)27-17(2)14-19-15-22(29-3)23(30-4)16-21(19)25(27)18-6-8-20(9-7-18)26-10-12-31-13-11-26/h6-9,15-17,25H,5,10-14H2,1-4H3/t17-,25+/m0/s1. The summed E-state index contributed by atoms with van der Waals surface area (Å²) >= 11 is 0. The maximum absolute atomic E-state index is 13.0. The summed E-state index contributed by atoms with van der Waals surface area (Å²) in [6.45, 7) is 7.38. The molecule has 4 rings (SSSR count). The van der Waals surface area contributed by atoms with Crippen molar-refractivity contribution in [2.45, 2.75) is 38.8 Å². The Labute approximate surface area is 184 Å². The lowest BCUT2D eigenvalue weighted by atomic mass is 9.84. The largest absolute Gasteiger partial charge is 0.493 e. The molecule has 0 N–H and O–H groups in total. The molecule has 2 aliphatic rings. The van der Waals surface area contributed by atoms with Crippen molar-refractivity contribution in [2.75, 3.05) is 45.4 Å². The first-order chi connectivity index (χ1) is 15.1. The zero-order chi connectivity index (χ0) is 22.0. The first-order valence-corrected chi connectivity index (χ1v) is 11.1. The number of morpholine rings is 1. The fourth-order valence-electron chi connectivity index (χ4n) is 4.79. The molecule has 1 amide bonds. The lowest BCUT2D eigenvalue weighted by molar-refractivity contribution is -0.135. The molecule has 0 unspecified atom stereocenters. The number of ether oxygens (including phenoxy) is 3. The zero-order valence-electron chi connectivity index (χ0n) is 18.9. The number of fused-ring (bicyclic) bond motifs is 1. The van der Waals surface area contributed by atoms with E-state index in [9.17, 15) is 4.79 Å². The maximum atomic E-state index is 13.0. The molecule has 0 bridgehead atoms. The number of carbonyl (C=O) groups is 1. The predicted molar refractivity (Wildman–Crippen MR) is 121 cm³/mol. The van der Waals surface area contributed by atoms with Gasteiger partial charge in [-0.15, -0.1) is 0 Å². The molecule has 0 radical (unpaired) electrons. The molecule has 2 aromatic carbocycles. The normalized spacial score (nSPS) is 20.9. The highest BCUT2D eigenvalue weighted by atomic mass is 16.5. The van der Waals surface area contributed by atoms with Crippen LogP contribution < -0.4 is 14.4 Å². The van der Waals surface area contributed by atoms with Crippen LogP contribution >= 0.6 is 0 Å². The Morgan fingerprint density at radius 2 is 1.71 bits per heavy atom. The molecule has 6 heteroatoms. The van der Waals surface area contributed by atoms with Crippen molar-refractivity contribution in [1.82, 2.24) is 4.90 Å². The summed E-state index contributed by atoms with van der Waals surface area (Å²) in [5, 5.41) is 0. The number of carbonyl (C=O) groups excluding carboxylic acids is 1. The molecular weight excluding hydrogens is 392 g/mol. The Balaban J connectivity index is 1.77. The van der Waals surface area contributed by atoms with Gasteiger partial charge < -0.3 is 24.0 Å². The topological polar surface area (TPSA) is 51.2 Å². The molecule has 2 heterocycles. The average molecular weight is 425 g/mol. The fraction of sp³-hybridized carbons (Fsp3) is 0.480. The summed E-state index contributed by atoms with van der Waals surface area (Å²) in [4.78, 5) is 17.4. The second kappa shape index (κ2) is 9.18. The van der Waals surface area contributed by atoms with Gasteiger partial charge in [0, 0.05) is 31.2 Å². The van der Waals surface area contributed by atoms with E-state index in [2.05, 4.69) is 42.2 Å². The third-order valence-corrected chi connectivity index (χ3v) is 6.38. The molecular formula is C25H32N2O4. The van der Waals surface area contributed by atoms with E-state index in [1.165, 1.54) is 11.3 Å². The van der Waals surface area contributed by atoms with E-state index in [1.54, 1.807) is 14.2 Å². The van der Waals surface area contributed by atoms with Gasteiger partial charge >= 0.3 is 0 Å². The highest BCUT2D eigenvalue weighted by Crippen LogP contribution is 2.43. The Bertz CT molecular complexity index is 922. The number of nitrogens with zero attached hydrogens (tertiary/aromatic N) is 2. The first-order valence-electron chi connectivity index (χ1n) is 11.1. The van der Waals surface area contributed by atoms with Crippen molar-refractivity contribution in [3.63, 3.8) is 0 Å². The molecule has 31 heavy (non-hydrogen) atoms. The van der Waals surface area contributed by atoms with Gasteiger partial charge in [0.1, 0.15) is 0 Å². The van der Waals surface area contributed by atoms with Crippen molar-refractivity contribution in [2.24, 2.45) is 0 Å². The number of hydrogen-bond donors (Lipinski definition) is 0. The van der Waals surface area contributed by atoms with Crippen molar-refractivity contribution in [3.8, 4) is 11.5 Å². The van der Waals surface area contributed by atoms with E-state index in [0.717, 1.165) is 49.6 Å². The number of anilines is 1. The molecule has 0 aromatic heterocycles. The van der Waals surface area contributed by atoms with Crippen LogP contribution in [0.15, 0.2) is 36.4 Å². The molecule has 0 saturated carbocycles. The van der Waals surface area contributed by atoms with Crippen LogP contribution in [-0.4, -0.2) is 57.4 Å². The van der Waals surface area contributed by atoms with Crippen molar-refractivity contribution in [3.05, 3.63) is 53.1 Å². The summed E-state index contributed by atoms with van der Waals surface area (Å²) in [6, 6.07) is 12.7. The number of methoxy groups -OCH3 is 2. The third-order valence-electron chi connectivity index (χ3n) is 6.38. The van der Waals surface area contributed by atoms with Crippen LogP contribution in [0, 0.1) is 0 Å². The fourth-order valence-corrected chi connectivity index (χ4v) is 4.79. The molecule has 0 aliphatic carbocycles. The van der Waals surface area contributed by atoms with E-state index < -0.39 is 0 Å². The van der Waals surface area contributed by atoms with Gasteiger partial charge in [0.05, 0.1) is 33.5 Å². The highest BCUT2D eigenvalue weighted by Gasteiger charge is 2.36. The minimum atomic E-state index is -0.148. The second-order valence-electron chi connectivity index (χ2n) is 8.21. The lowest BCUT2D eigenvalue weighted by Gasteiger charge is -2.42. The van der Waals surface area contributed by atoms with E-state index >= 15 is 0 Å². The Morgan fingerprint density at radius 3 is 2.32 bits per heavy atom. The van der Waals surface area contributed by atoms with E-state index in [-0.39, 0.29) is 18.0 Å². The monoisotopic (exact) mass is 424 g/mol. The molecule has 2 aliphatic heterocycles. The smallest absolute Gasteiger partial charge is 0.223 e.